The first kappa shape index (κ1) is 14.2. The molecule has 0 atom stereocenters. The average molecular weight is 365 g/mol. The van der Waals surface area contributed by atoms with E-state index in [1.54, 1.807) is 0 Å². The second-order valence-electron chi connectivity index (χ2n) is 4.60. The summed E-state index contributed by atoms with van der Waals surface area (Å²) in [6.45, 7) is 0.981. The molecule has 0 aromatic heterocycles. The van der Waals surface area contributed by atoms with Gasteiger partial charge >= 0.3 is 0 Å². The molecule has 0 fully saturated rings. The van der Waals surface area contributed by atoms with Gasteiger partial charge in [0.2, 0.25) is 6.79 Å². The van der Waals surface area contributed by atoms with Crippen LogP contribution < -0.4 is 20.5 Å². The molecule has 21 heavy (non-hydrogen) atoms. The standard InChI is InChI=1S/C15H13BrN2O2S/c16-12-6-10(2-3-11(12)15(17)21)18-7-9-1-4-13-14(5-9)20-8-19-13/h1-6,18H,7-8H2,(H2,17,21). The van der Waals surface area contributed by atoms with Crippen molar-refractivity contribution in [2.24, 2.45) is 5.73 Å². The number of anilines is 1. The van der Waals surface area contributed by atoms with Crippen LogP contribution in [0.5, 0.6) is 11.5 Å². The number of halogens is 1. The lowest BCUT2D eigenvalue weighted by molar-refractivity contribution is 0.174. The van der Waals surface area contributed by atoms with E-state index < -0.39 is 0 Å². The molecule has 2 aromatic rings. The Bertz CT molecular complexity index is 706. The van der Waals surface area contributed by atoms with Crippen LogP contribution in [0.25, 0.3) is 0 Å². The maximum atomic E-state index is 5.64. The minimum Gasteiger partial charge on any atom is -0.454 e. The molecule has 1 heterocycles. The highest BCUT2D eigenvalue weighted by Gasteiger charge is 2.13. The number of hydrogen-bond donors (Lipinski definition) is 2. The summed E-state index contributed by atoms with van der Waals surface area (Å²) in [6.07, 6.45) is 0. The third-order valence-electron chi connectivity index (χ3n) is 3.17. The zero-order valence-corrected chi connectivity index (χ0v) is 13.5. The predicted molar refractivity (Wildman–Crippen MR) is 89.9 cm³/mol. The normalized spacial score (nSPS) is 12.2. The summed E-state index contributed by atoms with van der Waals surface area (Å²) in [5.74, 6) is 1.58. The van der Waals surface area contributed by atoms with E-state index in [4.69, 9.17) is 27.4 Å². The van der Waals surface area contributed by atoms with Gasteiger partial charge in [0.25, 0.3) is 0 Å². The number of nitrogens with two attached hydrogens (primary N) is 1. The van der Waals surface area contributed by atoms with Gasteiger partial charge in [0.15, 0.2) is 11.5 Å². The van der Waals surface area contributed by atoms with Gasteiger partial charge in [-0.2, -0.15) is 0 Å². The van der Waals surface area contributed by atoms with Crippen LogP contribution in [0.3, 0.4) is 0 Å². The molecule has 0 saturated heterocycles. The maximum Gasteiger partial charge on any atom is 0.231 e. The molecule has 3 rings (SSSR count). The zero-order valence-electron chi connectivity index (χ0n) is 11.1. The SMILES string of the molecule is NC(=S)c1ccc(NCc2ccc3c(c2)OCO3)cc1Br. The molecule has 0 aliphatic carbocycles. The molecule has 2 aromatic carbocycles. The lowest BCUT2D eigenvalue weighted by Gasteiger charge is -2.09. The van der Waals surface area contributed by atoms with E-state index in [-0.39, 0.29) is 0 Å². The van der Waals surface area contributed by atoms with Gasteiger partial charge in [-0.25, -0.2) is 0 Å². The first-order valence-corrected chi connectivity index (χ1v) is 7.55. The molecule has 3 N–H and O–H groups in total. The van der Waals surface area contributed by atoms with Gasteiger partial charge in [0.1, 0.15) is 4.99 Å². The van der Waals surface area contributed by atoms with Gasteiger partial charge in [-0.05, 0) is 51.8 Å². The Kier molecular flexibility index (Phi) is 3.98. The Balaban J connectivity index is 1.70. The van der Waals surface area contributed by atoms with E-state index in [9.17, 15) is 0 Å². The van der Waals surface area contributed by atoms with Crippen molar-refractivity contribution in [1.82, 2.24) is 0 Å². The molecule has 1 aliphatic heterocycles. The quantitative estimate of drug-likeness (QED) is 0.814. The van der Waals surface area contributed by atoms with Crippen molar-refractivity contribution >= 4 is 38.8 Å². The lowest BCUT2D eigenvalue weighted by Crippen LogP contribution is -2.10. The number of rotatable bonds is 4. The summed E-state index contributed by atoms with van der Waals surface area (Å²) in [6, 6.07) is 11.7. The number of ether oxygens (including phenoxy) is 2. The van der Waals surface area contributed by atoms with Crippen LogP contribution in [0, 0.1) is 0 Å². The van der Waals surface area contributed by atoms with Gasteiger partial charge < -0.3 is 20.5 Å². The van der Waals surface area contributed by atoms with Gasteiger partial charge in [-0.1, -0.05) is 18.3 Å². The zero-order chi connectivity index (χ0) is 14.8. The fourth-order valence-corrected chi connectivity index (χ4v) is 2.98. The molecular weight excluding hydrogens is 352 g/mol. The summed E-state index contributed by atoms with van der Waals surface area (Å²) in [5.41, 5.74) is 8.57. The fourth-order valence-electron chi connectivity index (χ4n) is 2.08. The molecule has 1 aliphatic rings. The molecule has 108 valence electrons. The van der Waals surface area contributed by atoms with Crippen LogP contribution in [-0.4, -0.2) is 11.8 Å². The minimum absolute atomic E-state index is 0.291. The van der Waals surface area contributed by atoms with Crippen molar-refractivity contribution < 1.29 is 9.47 Å². The Morgan fingerprint density at radius 1 is 1.19 bits per heavy atom. The van der Waals surface area contributed by atoms with Gasteiger partial charge in [0, 0.05) is 22.3 Å². The molecular formula is C15H13BrN2O2S. The molecule has 6 heteroatoms. The third kappa shape index (κ3) is 3.11. The summed E-state index contributed by atoms with van der Waals surface area (Å²) < 4.78 is 11.5. The number of nitrogens with one attached hydrogen (secondary N) is 1. The van der Waals surface area contributed by atoms with E-state index in [1.807, 2.05) is 36.4 Å². The Hall–Kier alpha value is -1.79. The smallest absolute Gasteiger partial charge is 0.231 e. The number of benzene rings is 2. The monoisotopic (exact) mass is 364 g/mol. The van der Waals surface area contributed by atoms with Crippen LogP contribution >= 0.6 is 28.1 Å². The van der Waals surface area contributed by atoms with E-state index in [2.05, 4.69) is 21.2 Å². The van der Waals surface area contributed by atoms with E-state index in [1.165, 1.54) is 0 Å². The first-order valence-electron chi connectivity index (χ1n) is 6.35. The molecule has 0 unspecified atom stereocenters. The summed E-state index contributed by atoms with van der Waals surface area (Å²) in [5, 5.41) is 3.35. The van der Waals surface area contributed by atoms with Gasteiger partial charge in [-0.3, -0.25) is 0 Å². The van der Waals surface area contributed by atoms with Crippen molar-refractivity contribution in [3.63, 3.8) is 0 Å². The second kappa shape index (κ2) is 5.91. The predicted octanol–water partition coefficient (Wildman–Crippen LogP) is 3.42. The second-order valence-corrected chi connectivity index (χ2v) is 5.89. The van der Waals surface area contributed by atoms with Crippen LogP contribution in [0.1, 0.15) is 11.1 Å². The Morgan fingerprint density at radius 3 is 2.76 bits per heavy atom. The van der Waals surface area contributed by atoms with Crippen molar-refractivity contribution in [2.75, 3.05) is 12.1 Å². The number of thiocarbonyl (C=S) groups is 1. The summed E-state index contributed by atoms with van der Waals surface area (Å²) >= 11 is 8.45. The largest absolute Gasteiger partial charge is 0.454 e. The molecule has 0 amide bonds. The number of fused-ring (bicyclic) bond motifs is 1. The fraction of sp³-hybridized carbons (Fsp3) is 0.133. The lowest BCUT2D eigenvalue weighted by atomic mass is 10.1. The average Bonchev–Trinajstić information content (AvgIpc) is 2.92. The van der Waals surface area contributed by atoms with Crippen molar-refractivity contribution in [2.45, 2.75) is 6.54 Å². The molecule has 0 spiro atoms. The van der Waals surface area contributed by atoms with Gasteiger partial charge in [-0.15, -0.1) is 0 Å². The van der Waals surface area contributed by atoms with Crippen molar-refractivity contribution in [3.8, 4) is 11.5 Å². The third-order valence-corrected chi connectivity index (χ3v) is 4.04. The highest BCUT2D eigenvalue weighted by Crippen LogP contribution is 2.32. The van der Waals surface area contributed by atoms with Crippen molar-refractivity contribution in [1.29, 1.82) is 0 Å². The van der Waals surface area contributed by atoms with E-state index in [0.717, 1.165) is 32.8 Å². The van der Waals surface area contributed by atoms with E-state index >= 15 is 0 Å². The summed E-state index contributed by atoms with van der Waals surface area (Å²) in [4.78, 5) is 0.379. The molecule has 4 nitrogen and oxygen atoms in total. The highest BCUT2D eigenvalue weighted by atomic mass is 79.9. The Morgan fingerprint density at radius 2 is 2.00 bits per heavy atom. The van der Waals surface area contributed by atoms with Gasteiger partial charge in [0.05, 0.1) is 0 Å². The maximum absolute atomic E-state index is 5.64. The topological polar surface area (TPSA) is 56.5 Å². The molecule has 0 radical (unpaired) electrons. The van der Waals surface area contributed by atoms with E-state index in [0.29, 0.717) is 18.3 Å². The van der Waals surface area contributed by atoms with Crippen LogP contribution in [0.4, 0.5) is 5.69 Å². The van der Waals surface area contributed by atoms with Crippen molar-refractivity contribution in [3.05, 3.63) is 52.0 Å². The molecule has 0 bridgehead atoms. The minimum atomic E-state index is 0.291. The van der Waals surface area contributed by atoms with Crippen LogP contribution in [-0.2, 0) is 6.54 Å². The first-order chi connectivity index (χ1) is 10.1. The van der Waals surface area contributed by atoms with Crippen LogP contribution in [0.15, 0.2) is 40.9 Å². The highest BCUT2D eigenvalue weighted by molar-refractivity contribution is 9.10. The molecule has 0 saturated carbocycles. The Labute approximate surface area is 136 Å². The summed E-state index contributed by atoms with van der Waals surface area (Å²) in [7, 11) is 0. The number of hydrogen-bond acceptors (Lipinski definition) is 4. The van der Waals surface area contributed by atoms with Crippen LogP contribution in [0.2, 0.25) is 0 Å².